The highest BCUT2D eigenvalue weighted by molar-refractivity contribution is 5.26. The van der Waals surface area contributed by atoms with Crippen LogP contribution in [0.3, 0.4) is 0 Å². The number of pyridine rings is 1. The number of aromatic nitrogens is 1. The molecule has 0 aromatic carbocycles. The van der Waals surface area contributed by atoms with E-state index in [9.17, 15) is 0 Å². The molecule has 1 aromatic rings. The van der Waals surface area contributed by atoms with Crippen LogP contribution in [0.1, 0.15) is 63.1 Å². The molecule has 106 valence electrons. The number of ether oxygens (including phenoxy) is 1. The summed E-state index contributed by atoms with van der Waals surface area (Å²) < 4.78 is 5.91. The summed E-state index contributed by atoms with van der Waals surface area (Å²) in [7, 11) is 0. The molecule has 0 radical (unpaired) electrons. The molecule has 1 heterocycles. The third kappa shape index (κ3) is 4.20. The van der Waals surface area contributed by atoms with Gasteiger partial charge in [0.15, 0.2) is 0 Å². The van der Waals surface area contributed by atoms with E-state index >= 15 is 0 Å². The highest BCUT2D eigenvalue weighted by Gasteiger charge is 2.15. The first kappa shape index (κ1) is 14.3. The van der Waals surface area contributed by atoms with Gasteiger partial charge < -0.3 is 10.5 Å². The van der Waals surface area contributed by atoms with Gasteiger partial charge >= 0.3 is 0 Å². The van der Waals surface area contributed by atoms with Crippen molar-refractivity contribution in [3.8, 4) is 5.88 Å². The van der Waals surface area contributed by atoms with Crippen molar-refractivity contribution < 1.29 is 4.74 Å². The van der Waals surface area contributed by atoms with Gasteiger partial charge in [-0.2, -0.15) is 0 Å². The van der Waals surface area contributed by atoms with E-state index in [1.165, 1.54) is 32.1 Å². The van der Waals surface area contributed by atoms with Gasteiger partial charge in [-0.05, 0) is 36.3 Å². The van der Waals surface area contributed by atoms with Gasteiger partial charge in [-0.1, -0.05) is 33.1 Å². The van der Waals surface area contributed by atoms with E-state index in [-0.39, 0.29) is 0 Å². The van der Waals surface area contributed by atoms with Crippen LogP contribution in [0.25, 0.3) is 0 Å². The Balaban J connectivity index is 2.00. The van der Waals surface area contributed by atoms with Crippen molar-refractivity contribution in [2.75, 3.05) is 6.61 Å². The molecule has 3 nitrogen and oxygen atoms in total. The summed E-state index contributed by atoms with van der Waals surface area (Å²) in [5, 5.41) is 0. The van der Waals surface area contributed by atoms with Crippen LogP contribution < -0.4 is 10.5 Å². The summed E-state index contributed by atoms with van der Waals surface area (Å²) >= 11 is 0. The highest BCUT2D eigenvalue weighted by Crippen LogP contribution is 2.25. The van der Waals surface area contributed by atoms with Gasteiger partial charge in [0.2, 0.25) is 5.88 Å². The van der Waals surface area contributed by atoms with Crippen LogP contribution in [-0.2, 0) is 6.54 Å². The Bertz CT molecular complexity index is 398. The molecular formula is C16H26N2O. The van der Waals surface area contributed by atoms with E-state index in [4.69, 9.17) is 10.5 Å². The lowest BCUT2D eigenvalue weighted by Gasteiger charge is -2.21. The maximum Gasteiger partial charge on any atom is 0.213 e. The molecule has 0 bridgehead atoms. The molecule has 1 aromatic heterocycles. The van der Waals surface area contributed by atoms with E-state index in [1.54, 1.807) is 0 Å². The van der Waals surface area contributed by atoms with Gasteiger partial charge in [-0.3, -0.25) is 0 Å². The average Bonchev–Trinajstić information content (AvgIpc) is 2.45. The molecule has 1 fully saturated rings. The molecule has 0 saturated heterocycles. The SMILES string of the molecule is CC(C)c1cc(CN)cc(OCC2CCCCC2)n1. The molecular weight excluding hydrogens is 236 g/mol. The fourth-order valence-corrected chi connectivity index (χ4v) is 2.63. The van der Waals surface area contributed by atoms with Gasteiger partial charge in [-0.15, -0.1) is 0 Å². The van der Waals surface area contributed by atoms with E-state index in [1.807, 2.05) is 6.07 Å². The van der Waals surface area contributed by atoms with Gasteiger partial charge in [0.1, 0.15) is 0 Å². The Morgan fingerprint density at radius 1 is 1.26 bits per heavy atom. The largest absolute Gasteiger partial charge is 0.477 e. The molecule has 0 unspecified atom stereocenters. The molecule has 1 aliphatic rings. The Morgan fingerprint density at radius 2 is 2.00 bits per heavy atom. The van der Waals surface area contributed by atoms with Crippen molar-refractivity contribution in [2.24, 2.45) is 11.7 Å². The van der Waals surface area contributed by atoms with Crippen LogP contribution in [0.2, 0.25) is 0 Å². The van der Waals surface area contributed by atoms with Gasteiger partial charge in [-0.25, -0.2) is 4.98 Å². The summed E-state index contributed by atoms with van der Waals surface area (Å²) in [5.41, 5.74) is 7.92. The van der Waals surface area contributed by atoms with E-state index in [0.717, 1.165) is 23.7 Å². The minimum Gasteiger partial charge on any atom is -0.477 e. The average molecular weight is 262 g/mol. The van der Waals surface area contributed by atoms with Gasteiger partial charge in [0.25, 0.3) is 0 Å². The van der Waals surface area contributed by atoms with Crippen molar-refractivity contribution >= 4 is 0 Å². The van der Waals surface area contributed by atoms with Crippen LogP contribution in [0.15, 0.2) is 12.1 Å². The number of nitrogens with two attached hydrogens (primary N) is 1. The third-order valence-corrected chi connectivity index (χ3v) is 3.90. The standard InChI is InChI=1S/C16H26N2O/c1-12(2)15-8-14(10-17)9-16(18-15)19-11-13-6-4-3-5-7-13/h8-9,12-13H,3-7,10-11,17H2,1-2H3. The zero-order valence-corrected chi connectivity index (χ0v) is 12.2. The predicted octanol–water partition coefficient (Wildman–Crippen LogP) is 3.62. The first-order valence-corrected chi connectivity index (χ1v) is 7.52. The van der Waals surface area contributed by atoms with E-state index < -0.39 is 0 Å². The van der Waals surface area contributed by atoms with E-state index in [2.05, 4.69) is 24.9 Å². The summed E-state index contributed by atoms with van der Waals surface area (Å²) in [4.78, 5) is 4.59. The highest BCUT2D eigenvalue weighted by atomic mass is 16.5. The molecule has 19 heavy (non-hydrogen) atoms. The van der Waals surface area contributed by atoms with Gasteiger partial charge in [0, 0.05) is 18.3 Å². The second-order valence-corrected chi connectivity index (χ2v) is 5.91. The fourth-order valence-electron chi connectivity index (χ4n) is 2.63. The zero-order chi connectivity index (χ0) is 13.7. The van der Waals surface area contributed by atoms with Crippen LogP contribution in [0.4, 0.5) is 0 Å². The van der Waals surface area contributed by atoms with Crippen molar-refractivity contribution in [1.82, 2.24) is 4.98 Å². The lowest BCUT2D eigenvalue weighted by Crippen LogP contribution is -2.16. The van der Waals surface area contributed by atoms with Crippen molar-refractivity contribution in [1.29, 1.82) is 0 Å². The predicted molar refractivity (Wildman–Crippen MR) is 78.3 cm³/mol. The molecule has 0 atom stereocenters. The van der Waals surface area contributed by atoms with Crippen LogP contribution in [-0.4, -0.2) is 11.6 Å². The second kappa shape index (κ2) is 6.90. The molecule has 1 aliphatic carbocycles. The monoisotopic (exact) mass is 262 g/mol. The number of hydrogen-bond donors (Lipinski definition) is 1. The minimum atomic E-state index is 0.406. The molecule has 1 saturated carbocycles. The summed E-state index contributed by atoms with van der Waals surface area (Å²) in [6.45, 7) is 5.64. The topological polar surface area (TPSA) is 48.1 Å². The Hall–Kier alpha value is -1.09. The third-order valence-electron chi connectivity index (χ3n) is 3.90. The first-order chi connectivity index (χ1) is 9.19. The Morgan fingerprint density at radius 3 is 2.63 bits per heavy atom. The fraction of sp³-hybridized carbons (Fsp3) is 0.688. The number of rotatable bonds is 5. The minimum absolute atomic E-state index is 0.406. The Labute approximate surface area is 116 Å². The number of hydrogen-bond acceptors (Lipinski definition) is 3. The van der Waals surface area contributed by atoms with Gasteiger partial charge in [0.05, 0.1) is 6.61 Å². The smallest absolute Gasteiger partial charge is 0.213 e. The summed E-state index contributed by atoms with van der Waals surface area (Å²) in [6.07, 6.45) is 6.68. The van der Waals surface area contributed by atoms with Crippen molar-refractivity contribution in [3.05, 3.63) is 23.4 Å². The zero-order valence-electron chi connectivity index (χ0n) is 12.2. The lowest BCUT2D eigenvalue weighted by molar-refractivity contribution is 0.202. The van der Waals surface area contributed by atoms with Crippen LogP contribution in [0, 0.1) is 5.92 Å². The molecule has 0 spiro atoms. The first-order valence-electron chi connectivity index (χ1n) is 7.52. The molecule has 0 aliphatic heterocycles. The van der Waals surface area contributed by atoms with Crippen molar-refractivity contribution in [3.63, 3.8) is 0 Å². The number of nitrogens with zero attached hydrogens (tertiary/aromatic N) is 1. The molecule has 2 rings (SSSR count). The van der Waals surface area contributed by atoms with E-state index in [0.29, 0.717) is 18.4 Å². The molecule has 2 N–H and O–H groups in total. The second-order valence-electron chi connectivity index (χ2n) is 5.91. The maximum atomic E-state index is 5.91. The summed E-state index contributed by atoms with van der Waals surface area (Å²) in [5.74, 6) is 1.86. The quantitative estimate of drug-likeness (QED) is 0.881. The molecule has 0 amide bonds. The normalized spacial score (nSPS) is 16.8. The van der Waals surface area contributed by atoms with Crippen LogP contribution >= 0.6 is 0 Å². The summed E-state index contributed by atoms with van der Waals surface area (Å²) in [6, 6.07) is 4.06. The lowest BCUT2D eigenvalue weighted by atomic mass is 9.90. The Kier molecular flexibility index (Phi) is 5.20. The maximum absolute atomic E-state index is 5.91. The molecule has 3 heteroatoms. The van der Waals surface area contributed by atoms with Crippen molar-refractivity contribution in [2.45, 2.75) is 58.4 Å². The van der Waals surface area contributed by atoms with Crippen LogP contribution in [0.5, 0.6) is 5.88 Å².